The number of carbonyl (C=O) groups is 4. The number of amides is 4. The van der Waals surface area contributed by atoms with E-state index in [0.717, 1.165) is 107 Å². The van der Waals surface area contributed by atoms with E-state index in [1.807, 2.05) is 40.1 Å². The summed E-state index contributed by atoms with van der Waals surface area (Å²) in [6, 6.07) is 20.7. The molecule has 3 unspecified atom stereocenters. The van der Waals surface area contributed by atoms with Crippen molar-refractivity contribution in [1.82, 2.24) is 40.8 Å². The first kappa shape index (κ1) is 42.0. The first-order valence-electron chi connectivity index (χ1n) is 21.1. The molecule has 0 bridgehead atoms. The van der Waals surface area contributed by atoms with E-state index in [1.54, 1.807) is 0 Å². The molecule has 316 valence electrons. The number of rotatable bonds is 9. The molecule has 3 aromatic carbocycles. The zero-order valence-electron chi connectivity index (χ0n) is 35.3. The first-order chi connectivity index (χ1) is 28.9. The molecule has 7 rings (SSSR count). The zero-order valence-corrected chi connectivity index (χ0v) is 35.3. The minimum atomic E-state index is -0.667. The molecule has 0 radical (unpaired) electrons. The van der Waals surface area contributed by atoms with Crippen LogP contribution in [-0.4, -0.2) is 80.3 Å². The number of ether oxygens (including phenoxy) is 2. The van der Waals surface area contributed by atoms with Crippen LogP contribution in [0.25, 0.3) is 44.4 Å². The van der Waals surface area contributed by atoms with Crippen molar-refractivity contribution >= 4 is 34.8 Å². The summed E-state index contributed by atoms with van der Waals surface area (Å²) in [7, 11) is 2.57. The van der Waals surface area contributed by atoms with E-state index in [4.69, 9.17) is 19.4 Å². The van der Waals surface area contributed by atoms with Crippen molar-refractivity contribution in [1.29, 1.82) is 0 Å². The summed E-state index contributed by atoms with van der Waals surface area (Å²) in [6.45, 7) is 7.46. The van der Waals surface area contributed by atoms with E-state index >= 15 is 0 Å². The molecule has 14 heteroatoms. The molecule has 2 aliphatic carbocycles. The van der Waals surface area contributed by atoms with Crippen molar-refractivity contribution < 1.29 is 28.7 Å². The van der Waals surface area contributed by atoms with E-state index in [-0.39, 0.29) is 47.6 Å². The van der Waals surface area contributed by atoms with Gasteiger partial charge >= 0.3 is 12.2 Å². The summed E-state index contributed by atoms with van der Waals surface area (Å²) >= 11 is 0. The molecule has 4 amide bonds. The van der Waals surface area contributed by atoms with Gasteiger partial charge in [-0.25, -0.2) is 40.4 Å². The fourth-order valence-corrected chi connectivity index (χ4v) is 8.81. The maximum absolute atomic E-state index is 13.7. The summed E-state index contributed by atoms with van der Waals surface area (Å²) in [4.78, 5) is 68.1. The van der Waals surface area contributed by atoms with E-state index < -0.39 is 12.2 Å². The van der Waals surface area contributed by atoms with E-state index in [2.05, 4.69) is 81.5 Å². The monoisotopic (exact) mass is 816 g/mol. The number of aromatic amines is 2. The first-order valence-corrected chi connectivity index (χ1v) is 21.1. The molecule has 60 heavy (non-hydrogen) atoms. The second-order valence-electron chi connectivity index (χ2n) is 16.5. The number of imidazole rings is 2. The summed E-state index contributed by atoms with van der Waals surface area (Å²) < 4.78 is 9.54. The van der Waals surface area contributed by atoms with Crippen LogP contribution >= 0.6 is 0 Å². The van der Waals surface area contributed by atoms with Crippen molar-refractivity contribution in [3.8, 4) is 33.6 Å². The van der Waals surface area contributed by atoms with E-state index in [1.165, 1.54) is 24.2 Å². The molecule has 2 saturated carbocycles. The quantitative estimate of drug-likeness (QED) is 0.107. The fraction of sp³-hybridized carbons (Fsp3) is 0.435. The van der Waals surface area contributed by atoms with Gasteiger partial charge in [0.1, 0.15) is 11.6 Å². The molecule has 4 N–H and O–H groups in total. The Kier molecular flexibility index (Phi) is 12.9. The Morgan fingerprint density at radius 1 is 0.583 bits per heavy atom. The largest absolute Gasteiger partial charge is 0.452 e. The fourth-order valence-electron chi connectivity index (χ4n) is 8.81. The van der Waals surface area contributed by atoms with Gasteiger partial charge < -0.3 is 19.4 Å². The smallest absolute Gasteiger partial charge is 0.425 e. The second kappa shape index (κ2) is 18.4. The molecule has 2 heterocycles. The Balaban J connectivity index is 1.04. The Hall–Kier alpha value is -6.18. The lowest BCUT2D eigenvalue weighted by Crippen LogP contribution is -2.53. The number of nitrogens with zero attached hydrogens (tertiary/aromatic N) is 4. The molecule has 2 aromatic heterocycles. The van der Waals surface area contributed by atoms with Crippen molar-refractivity contribution in [2.75, 3.05) is 14.2 Å². The Bertz CT molecular complexity index is 2320. The van der Waals surface area contributed by atoms with Crippen molar-refractivity contribution in [3.63, 3.8) is 0 Å². The normalized spacial score (nSPS) is 19.2. The molecule has 0 saturated heterocycles. The second-order valence-corrected chi connectivity index (χ2v) is 16.5. The number of hydrazine groups is 2. The van der Waals surface area contributed by atoms with Gasteiger partial charge in [0.15, 0.2) is 0 Å². The highest BCUT2D eigenvalue weighted by molar-refractivity contribution is 5.91. The van der Waals surface area contributed by atoms with Crippen LogP contribution in [0, 0.1) is 11.8 Å². The van der Waals surface area contributed by atoms with Crippen LogP contribution in [0.15, 0.2) is 73.1 Å². The van der Waals surface area contributed by atoms with Crippen LogP contribution in [0.4, 0.5) is 9.59 Å². The number of hydrogen-bond donors (Lipinski definition) is 4. The summed E-state index contributed by atoms with van der Waals surface area (Å²) in [5, 5.41) is 4.97. The number of H-pyrrole nitrogens is 2. The molecular formula is C46H56N8O6. The van der Waals surface area contributed by atoms with Gasteiger partial charge in [0.25, 0.3) is 0 Å². The van der Waals surface area contributed by atoms with Gasteiger partial charge in [0, 0.05) is 41.3 Å². The lowest BCUT2D eigenvalue weighted by atomic mass is 9.78. The third kappa shape index (κ3) is 9.02. The lowest BCUT2D eigenvalue weighted by Gasteiger charge is -2.35. The maximum Gasteiger partial charge on any atom is 0.425 e. The van der Waals surface area contributed by atoms with Gasteiger partial charge in [0.05, 0.1) is 38.0 Å². The van der Waals surface area contributed by atoms with Crippen molar-refractivity contribution in [2.24, 2.45) is 11.8 Å². The van der Waals surface area contributed by atoms with Crippen molar-refractivity contribution in [3.05, 3.63) is 84.7 Å². The third-order valence-corrected chi connectivity index (χ3v) is 12.0. The molecule has 5 aromatic rings. The van der Waals surface area contributed by atoms with Gasteiger partial charge in [0.2, 0.25) is 11.8 Å². The van der Waals surface area contributed by atoms with Gasteiger partial charge in [-0.2, -0.15) is 0 Å². The van der Waals surface area contributed by atoms with Crippen molar-refractivity contribution in [2.45, 2.75) is 103 Å². The maximum atomic E-state index is 13.7. The average molecular weight is 817 g/mol. The van der Waals surface area contributed by atoms with Gasteiger partial charge in [-0.05, 0) is 93.0 Å². The topological polar surface area (TPSA) is 175 Å². The van der Waals surface area contributed by atoms with Gasteiger partial charge in [-0.3, -0.25) is 9.59 Å². The van der Waals surface area contributed by atoms with Crippen LogP contribution in [-0.2, 0) is 19.1 Å². The average Bonchev–Trinajstić information content (AvgIpc) is 3.98. The number of hydrogen-bond acceptors (Lipinski definition) is 8. The summed E-state index contributed by atoms with van der Waals surface area (Å²) in [6.07, 6.45) is 9.34. The predicted molar refractivity (Wildman–Crippen MR) is 229 cm³/mol. The van der Waals surface area contributed by atoms with Crippen LogP contribution in [0.5, 0.6) is 0 Å². The SMILES string of the molecule is COC(=O)NN(C(=O)C1CCCCC1c1ncc(-c2ccc3cc(-c4ccc(-c5cnc(C6CCCC[C@@H]6C(=O)N(NC(=O)OC)C(C)C)[nH]5)cc4)ccc3c2)[nH]1)C(C)C. The number of nitrogens with one attached hydrogen (secondary N) is 4. The molecule has 2 aliphatic rings. The van der Waals surface area contributed by atoms with E-state index in [0.29, 0.717) is 0 Å². The summed E-state index contributed by atoms with van der Waals surface area (Å²) in [5.74, 6) is 0.495. The predicted octanol–water partition coefficient (Wildman–Crippen LogP) is 8.85. The van der Waals surface area contributed by atoms with Crippen LogP contribution in [0.2, 0.25) is 0 Å². The Labute approximate surface area is 350 Å². The molecule has 0 aliphatic heterocycles. The highest BCUT2D eigenvalue weighted by Gasteiger charge is 2.39. The van der Waals surface area contributed by atoms with Crippen LogP contribution in [0.3, 0.4) is 0 Å². The van der Waals surface area contributed by atoms with E-state index in [9.17, 15) is 19.2 Å². The number of benzene rings is 3. The molecule has 14 nitrogen and oxygen atoms in total. The van der Waals surface area contributed by atoms with Crippen LogP contribution < -0.4 is 10.9 Å². The number of methoxy groups -OCH3 is 2. The number of fused-ring (bicyclic) bond motifs is 1. The molecule has 4 atom stereocenters. The van der Waals surface area contributed by atoms with Gasteiger partial charge in [-0.15, -0.1) is 0 Å². The summed E-state index contributed by atoms with van der Waals surface area (Å²) in [5.41, 5.74) is 11.1. The third-order valence-electron chi connectivity index (χ3n) is 12.0. The molecular weight excluding hydrogens is 761 g/mol. The highest BCUT2D eigenvalue weighted by Crippen LogP contribution is 2.40. The molecule has 2 fully saturated rings. The standard InChI is InChI=1S/C46H56N8O6/c1-27(2)53(51-45(57)59-5)43(55)37-13-9-7-11-35(37)41-47-25-39(49-41)30-17-15-29(16-18-30)31-19-20-33-24-34(22-21-32(33)23-31)40-26-48-42(50-40)36-12-8-10-14-38(36)44(56)54(28(3)4)52-46(58)60-6/h15-28,35-38H,7-14H2,1-6H3,(H,47,49)(H,48,50)(H,51,57)(H,52,58)/t35?,36?,37-,38?/m0/s1. The number of carbonyl (C=O) groups excluding carboxylic acids is 4. The van der Waals surface area contributed by atoms with Crippen LogP contribution in [0.1, 0.15) is 103 Å². The Morgan fingerprint density at radius 2 is 0.983 bits per heavy atom. The minimum absolute atomic E-state index is 0.0902. The lowest BCUT2D eigenvalue weighted by molar-refractivity contribution is -0.143. The highest BCUT2D eigenvalue weighted by atomic mass is 16.5. The number of aromatic nitrogens is 4. The Morgan fingerprint density at radius 3 is 1.45 bits per heavy atom. The minimum Gasteiger partial charge on any atom is -0.452 e. The molecule has 0 spiro atoms. The van der Waals surface area contributed by atoms with Gasteiger partial charge in [-0.1, -0.05) is 74.2 Å². The zero-order chi connectivity index (χ0) is 42.5.